The fraction of sp³-hybridized carbons (Fsp3) is 0.111. The van der Waals surface area contributed by atoms with Crippen molar-refractivity contribution in [3.63, 3.8) is 0 Å². The summed E-state index contributed by atoms with van der Waals surface area (Å²) in [6.07, 6.45) is 3.53. The number of hydrogen-bond acceptors (Lipinski definition) is 7. The van der Waals surface area contributed by atoms with Crippen molar-refractivity contribution in [2.24, 2.45) is 0 Å². The molecule has 1 atom stereocenters. The summed E-state index contributed by atoms with van der Waals surface area (Å²) in [6.45, 7) is 0. The molecular formula is C18H16N3O5P. The van der Waals surface area contributed by atoms with Gasteiger partial charge in [-0.15, -0.1) is 0 Å². The first kappa shape index (κ1) is 16.1. The summed E-state index contributed by atoms with van der Waals surface area (Å²) in [5.74, 6) is 0.860. The van der Waals surface area contributed by atoms with Crippen molar-refractivity contribution < 1.29 is 22.9 Å². The molecule has 2 aromatic carbocycles. The maximum atomic E-state index is 12.7. The van der Waals surface area contributed by atoms with Gasteiger partial charge in [-0.25, -0.2) is 0 Å². The Balaban J connectivity index is 1.53. The van der Waals surface area contributed by atoms with Crippen LogP contribution in [0.2, 0.25) is 0 Å². The summed E-state index contributed by atoms with van der Waals surface area (Å²) in [5, 5.41) is 3.11. The molecule has 3 aromatic rings. The third kappa shape index (κ3) is 2.70. The minimum absolute atomic E-state index is 0.331. The molecule has 27 heavy (non-hydrogen) atoms. The molecule has 1 unspecified atom stereocenters. The molecule has 0 amide bonds. The average Bonchev–Trinajstić information content (AvgIpc) is 3.33. The van der Waals surface area contributed by atoms with Crippen molar-refractivity contribution in [2.45, 2.75) is 12.5 Å². The first-order valence-corrected chi connectivity index (χ1v) is 10.3. The monoisotopic (exact) mass is 385 g/mol. The molecule has 8 nitrogen and oxygen atoms in total. The van der Waals surface area contributed by atoms with Crippen molar-refractivity contribution >= 4 is 13.6 Å². The number of H-pyrrole nitrogens is 1. The number of rotatable bonds is 4. The molecule has 5 rings (SSSR count). The Morgan fingerprint density at radius 1 is 1.00 bits per heavy atom. The van der Waals surface area contributed by atoms with Gasteiger partial charge in [0.2, 0.25) is 0 Å². The van der Waals surface area contributed by atoms with Gasteiger partial charge < -0.3 is 0 Å². The average molecular weight is 385 g/mol. The number of para-hydroxylation sites is 3. The van der Waals surface area contributed by atoms with Crippen molar-refractivity contribution in [1.82, 2.24) is 15.1 Å². The topological polar surface area (TPSA) is 94.7 Å². The number of aromatic nitrogens is 2. The van der Waals surface area contributed by atoms with E-state index in [9.17, 15) is 4.79 Å². The number of nitrogens with one attached hydrogen (secondary N) is 2. The number of carbonyl (C=O) groups excluding carboxylic acids is 1. The molecule has 1 fully saturated rings. The molecule has 2 aliphatic rings. The fourth-order valence-corrected chi connectivity index (χ4v) is 6.13. The summed E-state index contributed by atoms with van der Waals surface area (Å²) in [7, 11) is -4.46. The van der Waals surface area contributed by atoms with E-state index in [1.807, 2.05) is 30.3 Å². The van der Waals surface area contributed by atoms with Crippen LogP contribution in [0.5, 0.6) is 17.2 Å². The van der Waals surface area contributed by atoms with Crippen molar-refractivity contribution in [1.29, 1.82) is 0 Å². The molecule has 2 N–H and O–H groups in total. The summed E-state index contributed by atoms with van der Waals surface area (Å²) in [6, 6.07) is 15.4. The van der Waals surface area contributed by atoms with Gasteiger partial charge in [0, 0.05) is 0 Å². The number of benzene rings is 2. The predicted octanol–water partition coefficient (Wildman–Crippen LogP) is 3.15. The molecule has 0 saturated carbocycles. The first-order chi connectivity index (χ1) is 13.1. The van der Waals surface area contributed by atoms with E-state index in [2.05, 4.69) is 15.1 Å². The third-order valence-corrected chi connectivity index (χ3v) is 7.02. The van der Waals surface area contributed by atoms with Crippen LogP contribution in [0.1, 0.15) is 5.69 Å². The number of fused-ring (bicyclic) bond motifs is 1. The van der Waals surface area contributed by atoms with Gasteiger partial charge in [-0.05, 0) is 0 Å². The van der Waals surface area contributed by atoms with Crippen molar-refractivity contribution in [3.05, 3.63) is 72.8 Å². The van der Waals surface area contributed by atoms with E-state index in [0.717, 1.165) is 5.69 Å². The van der Waals surface area contributed by atoms with Crippen molar-refractivity contribution in [3.8, 4) is 17.2 Å². The number of nitrogens with zero attached hydrogens (tertiary/aromatic N) is 1. The number of aromatic amines is 1. The quantitative estimate of drug-likeness (QED) is 0.666. The van der Waals surface area contributed by atoms with E-state index in [0.29, 0.717) is 23.7 Å². The Morgan fingerprint density at radius 2 is 1.70 bits per heavy atom. The second kappa shape index (κ2) is 5.70. The zero-order chi connectivity index (χ0) is 18.3. The van der Waals surface area contributed by atoms with Gasteiger partial charge in [0.05, 0.1) is 0 Å². The van der Waals surface area contributed by atoms with Gasteiger partial charge in [-0.2, -0.15) is 0 Å². The van der Waals surface area contributed by atoms with Crippen LogP contribution in [0.15, 0.2) is 67.1 Å². The van der Waals surface area contributed by atoms with Gasteiger partial charge >= 0.3 is 154 Å². The van der Waals surface area contributed by atoms with Crippen LogP contribution in [-0.4, -0.2) is 22.0 Å². The number of hydrogen-bond donors (Lipinski definition) is 2. The van der Waals surface area contributed by atoms with E-state index >= 15 is 0 Å². The normalized spacial score (nSPS) is 22.7. The molecule has 0 aliphatic carbocycles. The van der Waals surface area contributed by atoms with Crippen LogP contribution in [0.25, 0.3) is 0 Å². The standard InChI is InChI=1S/C18H16N3O5P/c22-18-15(10-13-11-19-12-20-13)21-27(26-18,23-14-6-2-1-3-7-14)24-16-8-4-5-9-17(16)25-27/h1-9,11-12,15,21H,10H2,(H,19,20). The van der Waals surface area contributed by atoms with Crippen LogP contribution in [0, 0.1) is 0 Å². The predicted molar refractivity (Wildman–Crippen MR) is 97.0 cm³/mol. The van der Waals surface area contributed by atoms with Gasteiger partial charge in [-0.3, -0.25) is 0 Å². The van der Waals surface area contributed by atoms with E-state index in [1.165, 1.54) is 0 Å². The summed E-state index contributed by atoms with van der Waals surface area (Å²) >= 11 is 0. The number of imidazole rings is 1. The van der Waals surface area contributed by atoms with Crippen LogP contribution in [-0.2, 0) is 15.7 Å². The Bertz CT molecular complexity index is 970. The second-order valence-electron chi connectivity index (χ2n) is 6.22. The molecule has 1 aromatic heterocycles. The Morgan fingerprint density at radius 3 is 2.37 bits per heavy atom. The Labute approximate surface area is 154 Å². The summed E-state index contributed by atoms with van der Waals surface area (Å²) in [5.41, 5.74) is 0.777. The fourth-order valence-electron chi connectivity index (χ4n) is 3.09. The van der Waals surface area contributed by atoms with E-state index in [1.54, 1.807) is 36.8 Å². The maximum absolute atomic E-state index is 12.7. The molecule has 1 spiro atoms. The Kier molecular flexibility index (Phi) is 3.40. The summed E-state index contributed by atoms with van der Waals surface area (Å²) in [4.78, 5) is 19.6. The van der Waals surface area contributed by atoms with Crippen LogP contribution in [0.3, 0.4) is 0 Å². The molecule has 1 saturated heterocycles. The summed E-state index contributed by atoms with van der Waals surface area (Å²) < 4.78 is 24.0. The number of carbonyl (C=O) groups is 1. The molecule has 0 bridgehead atoms. The second-order valence-corrected chi connectivity index (χ2v) is 8.83. The van der Waals surface area contributed by atoms with E-state index in [4.69, 9.17) is 18.1 Å². The molecule has 3 heterocycles. The van der Waals surface area contributed by atoms with Crippen molar-refractivity contribution in [2.75, 3.05) is 0 Å². The van der Waals surface area contributed by atoms with Crippen LogP contribution in [0.4, 0.5) is 0 Å². The van der Waals surface area contributed by atoms with Crippen LogP contribution >= 0.6 is 7.66 Å². The molecule has 138 valence electrons. The minimum atomic E-state index is -4.46. The van der Waals surface area contributed by atoms with E-state index in [-0.39, 0.29) is 0 Å². The zero-order valence-corrected chi connectivity index (χ0v) is 15.0. The molecule has 9 heteroatoms. The van der Waals surface area contributed by atoms with E-state index < -0.39 is 19.7 Å². The van der Waals surface area contributed by atoms with Gasteiger partial charge in [0.15, 0.2) is 0 Å². The third-order valence-electron chi connectivity index (χ3n) is 4.24. The molecule has 2 aliphatic heterocycles. The molecular weight excluding hydrogens is 369 g/mol. The molecule has 0 radical (unpaired) electrons. The first-order valence-electron chi connectivity index (χ1n) is 8.40. The van der Waals surface area contributed by atoms with Crippen LogP contribution < -0.4 is 18.7 Å². The zero-order valence-electron chi connectivity index (χ0n) is 14.1. The van der Waals surface area contributed by atoms with Gasteiger partial charge in [-0.1, -0.05) is 0 Å². The van der Waals surface area contributed by atoms with Gasteiger partial charge in [0.1, 0.15) is 0 Å². The Hall–Kier alpha value is -3.09. The SMILES string of the molecule is O=C1OP2(Oc3ccccc3)(NC1Cc1cnc[nH]1)Oc1ccccc1O2. The van der Waals surface area contributed by atoms with Gasteiger partial charge in [0.25, 0.3) is 0 Å².